The molecule has 0 spiro atoms. The van der Waals surface area contributed by atoms with E-state index < -0.39 is 0 Å². The van der Waals surface area contributed by atoms with Gasteiger partial charge in [0.1, 0.15) is 5.75 Å². The first-order valence-corrected chi connectivity index (χ1v) is 10.2. The number of ether oxygens (including phenoxy) is 2. The van der Waals surface area contributed by atoms with Crippen LogP contribution in [0.15, 0.2) is 59.1 Å². The minimum atomic E-state index is -0.273. The van der Waals surface area contributed by atoms with E-state index in [9.17, 15) is 4.79 Å². The van der Waals surface area contributed by atoms with Crippen LogP contribution in [0, 0.1) is 5.92 Å². The lowest BCUT2D eigenvalue weighted by Crippen LogP contribution is -2.06. The zero-order valence-corrected chi connectivity index (χ0v) is 17.9. The maximum absolute atomic E-state index is 11.8. The molecule has 0 fully saturated rings. The van der Waals surface area contributed by atoms with E-state index in [2.05, 4.69) is 18.8 Å². The molecule has 0 aliphatic heterocycles. The van der Waals surface area contributed by atoms with Crippen molar-refractivity contribution in [2.75, 3.05) is 13.2 Å². The molecule has 4 heteroatoms. The predicted octanol–water partition coefficient (Wildman–Crippen LogP) is 6.22. The minimum absolute atomic E-state index is 0.273. The zero-order valence-electron chi connectivity index (χ0n) is 17.9. The van der Waals surface area contributed by atoms with E-state index in [-0.39, 0.29) is 5.97 Å². The third kappa shape index (κ3) is 8.34. The van der Waals surface area contributed by atoms with Crippen LogP contribution in [0.4, 0.5) is 5.69 Å². The van der Waals surface area contributed by atoms with Crippen LogP contribution in [-0.4, -0.2) is 25.4 Å². The molecule has 2 aromatic rings. The average Bonchev–Trinajstić information content (AvgIpc) is 2.72. The maximum atomic E-state index is 11.8. The third-order valence-electron chi connectivity index (χ3n) is 4.24. The van der Waals surface area contributed by atoms with Gasteiger partial charge in [0.25, 0.3) is 0 Å². The van der Waals surface area contributed by atoms with E-state index in [0.717, 1.165) is 42.0 Å². The van der Waals surface area contributed by atoms with Gasteiger partial charge in [0.15, 0.2) is 0 Å². The Balaban J connectivity index is 1.92. The van der Waals surface area contributed by atoms with E-state index >= 15 is 0 Å². The van der Waals surface area contributed by atoms with Crippen molar-refractivity contribution in [3.05, 3.63) is 65.2 Å². The van der Waals surface area contributed by atoms with Crippen LogP contribution in [0.1, 0.15) is 51.7 Å². The van der Waals surface area contributed by atoms with Crippen molar-refractivity contribution in [1.29, 1.82) is 0 Å². The summed E-state index contributed by atoms with van der Waals surface area (Å²) in [6.07, 6.45) is 5.52. The Bertz CT molecular complexity index is 818. The molecule has 2 rings (SSSR count). The SMILES string of the molecule is CCCOC(=O)C(C)=Cc1ccc(N=Cc2ccc(OCCC(C)C)cc2)cc1. The van der Waals surface area contributed by atoms with Crippen LogP contribution in [0.25, 0.3) is 6.08 Å². The van der Waals surface area contributed by atoms with Crippen LogP contribution < -0.4 is 4.74 Å². The van der Waals surface area contributed by atoms with Crippen molar-refractivity contribution >= 4 is 23.9 Å². The first-order valence-electron chi connectivity index (χ1n) is 10.2. The highest BCUT2D eigenvalue weighted by Crippen LogP contribution is 2.17. The summed E-state index contributed by atoms with van der Waals surface area (Å²) in [4.78, 5) is 16.3. The highest BCUT2D eigenvalue weighted by molar-refractivity contribution is 5.93. The molecule has 0 heterocycles. The molecule has 2 aromatic carbocycles. The van der Waals surface area contributed by atoms with Gasteiger partial charge in [-0.2, -0.15) is 0 Å². The lowest BCUT2D eigenvalue weighted by Gasteiger charge is -2.07. The number of esters is 1. The first kappa shape index (κ1) is 22.4. The smallest absolute Gasteiger partial charge is 0.333 e. The number of aliphatic imine (C=N–C) groups is 1. The summed E-state index contributed by atoms with van der Waals surface area (Å²) in [5, 5.41) is 0. The Hall–Kier alpha value is -2.88. The van der Waals surface area contributed by atoms with Gasteiger partial charge in [0.2, 0.25) is 0 Å². The summed E-state index contributed by atoms with van der Waals surface area (Å²) in [6, 6.07) is 15.7. The molecule has 0 aliphatic rings. The van der Waals surface area contributed by atoms with Crippen LogP contribution >= 0.6 is 0 Å². The van der Waals surface area contributed by atoms with E-state index in [4.69, 9.17) is 9.47 Å². The number of hydrogen-bond acceptors (Lipinski definition) is 4. The summed E-state index contributed by atoms with van der Waals surface area (Å²) in [5.74, 6) is 1.25. The number of nitrogens with zero attached hydrogens (tertiary/aromatic N) is 1. The fraction of sp³-hybridized carbons (Fsp3) is 0.360. The Morgan fingerprint density at radius 2 is 1.66 bits per heavy atom. The second-order valence-electron chi connectivity index (χ2n) is 7.41. The number of rotatable bonds is 10. The molecule has 154 valence electrons. The van der Waals surface area contributed by atoms with Gasteiger partial charge in [-0.05, 0) is 79.3 Å². The summed E-state index contributed by atoms with van der Waals surface area (Å²) >= 11 is 0. The normalized spacial score (nSPS) is 11.8. The van der Waals surface area contributed by atoms with Crippen LogP contribution in [0.2, 0.25) is 0 Å². The minimum Gasteiger partial charge on any atom is -0.494 e. The molecule has 0 bridgehead atoms. The Labute approximate surface area is 174 Å². The van der Waals surface area contributed by atoms with Crippen LogP contribution in [0.3, 0.4) is 0 Å². The number of carbonyl (C=O) groups excluding carboxylic acids is 1. The Kier molecular flexibility index (Phi) is 9.16. The van der Waals surface area contributed by atoms with E-state index in [1.165, 1.54) is 0 Å². The van der Waals surface area contributed by atoms with Gasteiger partial charge in [0, 0.05) is 11.8 Å². The number of benzene rings is 2. The fourth-order valence-corrected chi connectivity index (χ4v) is 2.49. The Morgan fingerprint density at radius 1 is 1.00 bits per heavy atom. The van der Waals surface area contributed by atoms with Crippen molar-refractivity contribution in [2.24, 2.45) is 10.9 Å². The molecule has 0 aliphatic carbocycles. The highest BCUT2D eigenvalue weighted by Gasteiger charge is 2.05. The van der Waals surface area contributed by atoms with E-state index in [1.54, 1.807) is 6.92 Å². The molecule has 0 N–H and O–H groups in total. The van der Waals surface area contributed by atoms with Gasteiger partial charge in [0.05, 0.1) is 18.9 Å². The van der Waals surface area contributed by atoms with Crippen molar-refractivity contribution in [1.82, 2.24) is 0 Å². The largest absolute Gasteiger partial charge is 0.494 e. The molecule has 4 nitrogen and oxygen atoms in total. The van der Waals surface area contributed by atoms with E-state index in [0.29, 0.717) is 18.1 Å². The molecule has 0 radical (unpaired) electrons. The molecule has 0 aromatic heterocycles. The lowest BCUT2D eigenvalue weighted by atomic mass is 10.1. The topological polar surface area (TPSA) is 47.9 Å². The summed E-state index contributed by atoms with van der Waals surface area (Å²) in [7, 11) is 0. The van der Waals surface area contributed by atoms with Crippen molar-refractivity contribution < 1.29 is 14.3 Å². The van der Waals surface area contributed by atoms with Crippen molar-refractivity contribution in [3.8, 4) is 5.75 Å². The van der Waals surface area contributed by atoms with Gasteiger partial charge < -0.3 is 9.47 Å². The van der Waals surface area contributed by atoms with Gasteiger partial charge in [-0.1, -0.05) is 32.9 Å². The highest BCUT2D eigenvalue weighted by atomic mass is 16.5. The Morgan fingerprint density at radius 3 is 2.28 bits per heavy atom. The molecule has 0 unspecified atom stereocenters. The average molecular weight is 394 g/mol. The van der Waals surface area contributed by atoms with Crippen molar-refractivity contribution in [3.63, 3.8) is 0 Å². The first-order chi connectivity index (χ1) is 14.0. The molecular weight excluding hydrogens is 362 g/mol. The molecule has 0 atom stereocenters. The fourth-order valence-electron chi connectivity index (χ4n) is 2.49. The number of carbonyl (C=O) groups is 1. The van der Waals surface area contributed by atoms with Gasteiger partial charge >= 0.3 is 5.97 Å². The van der Waals surface area contributed by atoms with Crippen LogP contribution in [0.5, 0.6) is 5.75 Å². The van der Waals surface area contributed by atoms with Gasteiger partial charge in [-0.3, -0.25) is 4.99 Å². The number of hydrogen-bond donors (Lipinski definition) is 0. The quantitative estimate of drug-likeness (QED) is 0.273. The molecule has 0 saturated heterocycles. The van der Waals surface area contributed by atoms with E-state index in [1.807, 2.05) is 67.7 Å². The monoisotopic (exact) mass is 393 g/mol. The third-order valence-corrected chi connectivity index (χ3v) is 4.24. The van der Waals surface area contributed by atoms with Crippen LogP contribution in [-0.2, 0) is 9.53 Å². The predicted molar refractivity (Wildman–Crippen MR) is 120 cm³/mol. The lowest BCUT2D eigenvalue weighted by molar-refractivity contribution is -0.138. The molecule has 0 saturated carbocycles. The van der Waals surface area contributed by atoms with Crippen molar-refractivity contribution in [2.45, 2.75) is 40.5 Å². The maximum Gasteiger partial charge on any atom is 0.333 e. The standard InChI is InChI=1S/C25H31NO3/c1-5-15-29-25(27)20(4)17-21-6-10-23(11-7-21)26-18-22-8-12-24(13-9-22)28-16-14-19(2)3/h6-13,17-19H,5,14-16H2,1-4H3. The summed E-state index contributed by atoms with van der Waals surface area (Å²) in [5.41, 5.74) is 3.40. The zero-order chi connectivity index (χ0) is 21.1. The van der Waals surface area contributed by atoms with Gasteiger partial charge in [-0.15, -0.1) is 0 Å². The second kappa shape index (κ2) is 11.8. The molecule has 0 amide bonds. The van der Waals surface area contributed by atoms with Gasteiger partial charge in [-0.25, -0.2) is 4.79 Å². The molecular formula is C25H31NO3. The summed E-state index contributed by atoms with van der Waals surface area (Å²) in [6.45, 7) is 9.30. The second-order valence-corrected chi connectivity index (χ2v) is 7.41. The molecule has 29 heavy (non-hydrogen) atoms. The summed E-state index contributed by atoms with van der Waals surface area (Å²) < 4.78 is 10.9.